The highest BCUT2D eigenvalue weighted by molar-refractivity contribution is 8.03. The number of aliphatic carboxylic acids is 1. The lowest BCUT2D eigenvalue weighted by molar-refractivity contribution is -0.159. The first-order valence-electron chi connectivity index (χ1n) is 11.9. The Bertz CT molecular complexity index is 967. The topological polar surface area (TPSA) is 154 Å². The molecule has 0 aromatic rings. The molecule has 0 radical (unpaired) electrons. The van der Waals surface area contributed by atoms with E-state index in [0.29, 0.717) is 44.1 Å². The standard InChI is InChI=1S/C22H31F2N5O6S/c1-9-15-14(10(2)27-19(30)18(23)24)21(32)29(15)16(22(33)34)17(9)36-12-5-13(26-7-12)20(31)28-3-4-35-11(6-25)8-28/h9-15,18,26H,3-8,25H2,1-2H3,(H,27,30)(H,33,34)/t9-,10-,11+,12?,13+,14-,15-/m1/s1. The lowest BCUT2D eigenvalue weighted by Gasteiger charge is -2.47. The van der Waals surface area contributed by atoms with Crippen LogP contribution >= 0.6 is 11.8 Å². The lowest BCUT2D eigenvalue weighted by atomic mass is 9.78. The molecule has 0 aliphatic carbocycles. The number of nitrogens with zero attached hydrogens (tertiary/aromatic N) is 2. The van der Waals surface area contributed by atoms with E-state index in [0.717, 1.165) is 0 Å². The molecule has 4 aliphatic rings. The molecule has 4 rings (SSSR count). The Morgan fingerprint density at radius 3 is 2.72 bits per heavy atom. The Hall–Kier alpha value is -2.29. The average Bonchev–Trinajstić information content (AvgIpc) is 3.40. The number of carboxylic acids is 1. The van der Waals surface area contributed by atoms with Gasteiger partial charge in [-0.1, -0.05) is 6.92 Å². The van der Waals surface area contributed by atoms with E-state index in [1.807, 2.05) is 0 Å². The first kappa shape index (κ1) is 26.8. The molecule has 14 heteroatoms. The summed E-state index contributed by atoms with van der Waals surface area (Å²) < 4.78 is 30.9. The van der Waals surface area contributed by atoms with Gasteiger partial charge < -0.3 is 36.0 Å². The van der Waals surface area contributed by atoms with E-state index in [4.69, 9.17) is 10.5 Å². The van der Waals surface area contributed by atoms with Gasteiger partial charge in [0.25, 0.3) is 5.91 Å². The molecule has 0 saturated carbocycles. The first-order chi connectivity index (χ1) is 17.0. The molecule has 0 aromatic heterocycles. The predicted molar refractivity (Wildman–Crippen MR) is 125 cm³/mol. The molecule has 200 valence electrons. The molecular formula is C22H31F2N5O6S. The second-order valence-electron chi connectivity index (χ2n) is 9.58. The van der Waals surface area contributed by atoms with Crippen molar-refractivity contribution in [3.8, 4) is 0 Å². The van der Waals surface area contributed by atoms with Gasteiger partial charge >= 0.3 is 12.4 Å². The maximum Gasteiger partial charge on any atom is 0.353 e. The fourth-order valence-electron chi connectivity index (χ4n) is 5.52. The Morgan fingerprint density at radius 2 is 2.08 bits per heavy atom. The number of amides is 3. The number of nitrogens with two attached hydrogens (primary N) is 1. The van der Waals surface area contributed by atoms with Gasteiger partial charge in [-0.05, 0) is 13.3 Å². The van der Waals surface area contributed by atoms with Gasteiger partial charge in [-0.3, -0.25) is 14.4 Å². The van der Waals surface area contributed by atoms with Crippen molar-refractivity contribution in [2.24, 2.45) is 17.6 Å². The lowest BCUT2D eigenvalue weighted by Crippen LogP contribution is -2.66. The normalized spacial score (nSPS) is 33.0. The summed E-state index contributed by atoms with van der Waals surface area (Å²) >= 11 is 1.33. The van der Waals surface area contributed by atoms with E-state index in [2.05, 4.69) is 10.6 Å². The zero-order valence-corrected chi connectivity index (χ0v) is 20.8. The molecule has 4 heterocycles. The molecule has 3 amide bonds. The van der Waals surface area contributed by atoms with Crippen LogP contribution in [0.15, 0.2) is 10.6 Å². The van der Waals surface area contributed by atoms with Crippen LogP contribution < -0.4 is 16.4 Å². The number of β-lactam (4-membered cyclic amide) rings is 1. The van der Waals surface area contributed by atoms with Crippen LogP contribution in [-0.2, 0) is 23.9 Å². The van der Waals surface area contributed by atoms with Gasteiger partial charge in [0.05, 0.1) is 30.7 Å². The summed E-state index contributed by atoms with van der Waals surface area (Å²) in [5, 5.41) is 15.2. The van der Waals surface area contributed by atoms with Crippen LogP contribution in [0.1, 0.15) is 20.3 Å². The number of alkyl halides is 2. The van der Waals surface area contributed by atoms with Crippen molar-refractivity contribution in [3.63, 3.8) is 0 Å². The van der Waals surface area contributed by atoms with E-state index < -0.39 is 48.3 Å². The summed E-state index contributed by atoms with van der Waals surface area (Å²) in [6.45, 7) is 5.41. The second kappa shape index (κ2) is 10.6. The number of fused-ring (bicyclic) bond motifs is 1. The van der Waals surface area contributed by atoms with Gasteiger partial charge in [-0.15, -0.1) is 11.8 Å². The van der Waals surface area contributed by atoms with Gasteiger partial charge in [-0.2, -0.15) is 8.78 Å². The molecule has 3 fully saturated rings. The van der Waals surface area contributed by atoms with Crippen LogP contribution in [0.2, 0.25) is 0 Å². The maximum absolute atomic E-state index is 13.0. The minimum absolute atomic E-state index is 0.0468. The minimum Gasteiger partial charge on any atom is -0.477 e. The van der Waals surface area contributed by atoms with Gasteiger partial charge in [-0.25, -0.2) is 4.79 Å². The Labute approximate surface area is 211 Å². The number of hydrogen-bond donors (Lipinski definition) is 4. The predicted octanol–water partition coefficient (Wildman–Crippen LogP) is -0.821. The van der Waals surface area contributed by atoms with Gasteiger partial charge in [0.15, 0.2) is 0 Å². The van der Waals surface area contributed by atoms with E-state index in [1.165, 1.54) is 23.6 Å². The highest BCUT2D eigenvalue weighted by Gasteiger charge is 2.60. The molecule has 1 unspecified atom stereocenters. The van der Waals surface area contributed by atoms with Crippen molar-refractivity contribution in [2.75, 3.05) is 32.8 Å². The smallest absolute Gasteiger partial charge is 0.353 e. The quantitative estimate of drug-likeness (QED) is 0.294. The number of thioether (sulfide) groups is 1. The van der Waals surface area contributed by atoms with Crippen LogP contribution in [0.3, 0.4) is 0 Å². The van der Waals surface area contributed by atoms with E-state index in [9.17, 15) is 33.1 Å². The zero-order valence-electron chi connectivity index (χ0n) is 20.0. The molecule has 11 nitrogen and oxygen atoms in total. The molecule has 7 atom stereocenters. The average molecular weight is 532 g/mol. The van der Waals surface area contributed by atoms with Gasteiger partial charge in [0.2, 0.25) is 11.8 Å². The highest BCUT2D eigenvalue weighted by Crippen LogP contribution is 2.51. The number of halogens is 2. The number of carbonyl (C=O) groups is 4. The van der Waals surface area contributed by atoms with Crippen LogP contribution in [0, 0.1) is 11.8 Å². The monoisotopic (exact) mass is 531 g/mol. The van der Waals surface area contributed by atoms with E-state index >= 15 is 0 Å². The van der Waals surface area contributed by atoms with Gasteiger partial charge in [0.1, 0.15) is 5.70 Å². The van der Waals surface area contributed by atoms with Crippen molar-refractivity contribution >= 4 is 35.5 Å². The Kier molecular flexibility index (Phi) is 7.88. The van der Waals surface area contributed by atoms with Crippen molar-refractivity contribution in [3.05, 3.63) is 10.6 Å². The van der Waals surface area contributed by atoms with Crippen molar-refractivity contribution in [1.29, 1.82) is 0 Å². The molecule has 0 spiro atoms. The molecule has 0 aromatic carbocycles. The third-order valence-electron chi connectivity index (χ3n) is 7.29. The summed E-state index contributed by atoms with van der Waals surface area (Å²) in [4.78, 5) is 52.9. The second-order valence-corrected chi connectivity index (χ2v) is 10.9. The Morgan fingerprint density at radius 1 is 1.36 bits per heavy atom. The molecule has 0 bridgehead atoms. The summed E-state index contributed by atoms with van der Waals surface area (Å²) in [6, 6.07) is -1.84. The molecule has 5 N–H and O–H groups in total. The van der Waals surface area contributed by atoms with E-state index in [-0.39, 0.29) is 28.9 Å². The first-order valence-corrected chi connectivity index (χ1v) is 12.8. The number of nitrogens with one attached hydrogen (secondary N) is 2. The number of carbonyl (C=O) groups excluding carboxylic acids is 3. The third kappa shape index (κ3) is 4.83. The summed E-state index contributed by atoms with van der Waals surface area (Å²) in [6.07, 6.45) is -2.91. The molecule has 3 saturated heterocycles. The number of hydrogen-bond acceptors (Lipinski definition) is 8. The fraction of sp³-hybridized carbons (Fsp3) is 0.727. The number of rotatable bonds is 8. The number of morpholine rings is 1. The van der Waals surface area contributed by atoms with Crippen molar-refractivity contribution in [1.82, 2.24) is 20.4 Å². The fourth-order valence-corrected chi connectivity index (χ4v) is 7.00. The van der Waals surface area contributed by atoms with Crippen LogP contribution in [0.5, 0.6) is 0 Å². The maximum atomic E-state index is 13.0. The minimum atomic E-state index is -3.21. The third-order valence-corrected chi connectivity index (χ3v) is 8.81. The summed E-state index contributed by atoms with van der Waals surface area (Å²) in [5.74, 6) is -4.44. The number of carboxylic acid groups (broad SMARTS) is 1. The molecular weight excluding hydrogens is 500 g/mol. The molecule has 36 heavy (non-hydrogen) atoms. The highest BCUT2D eigenvalue weighted by atomic mass is 32.2. The zero-order chi connectivity index (χ0) is 26.3. The number of ether oxygens (including phenoxy) is 1. The van der Waals surface area contributed by atoms with Crippen LogP contribution in [0.4, 0.5) is 8.78 Å². The Balaban J connectivity index is 1.42. The van der Waals surface area contributed by atoms with Crippen LogP contribution in [0.25, 0.3) is 0 Å². The van der Waals surface area contributed by atoms with Crippen LogP contribution in [-0.4, -0.2) is 107 Å². The van der Waals surface area contributed by atoms with Gasteiger partial charge in [0, 0.05) is 48.3 Å². The van der Waals surface area contributed by atoms with Crippen molar-refractivity contribution in [2.45, 2.75) is 56.2 Å². The van der Waals surface area contributed by atoms with Crippen molar-refractivity contribution < 1.29 is 37.8 Å². The summed E-state index contributed by atoms with van der Waals surface area (Å²) in [7, 11) is 0. The summed E-state index contributed by atoms with van der Waals surface area (Å²) in [5.41, 5.74) is 5.56. The molecule has 4 aliphatic heterocycles. The van der Waals surface area contributed by atoms with E-state index in [1.54, 1.807) is 11.8 Å². The SMILES string of the molecule is C[C@@H](NC(=O)C(F)F)[C@H]1C(=O)N2C(C(=O)O)=C(SC3CN[C@H](C(=O)N4CCO[C@@H](CN)C4)C3)[C@H](C)[C@H]12. The largest absolute Gasteiger partial charge is 0.477 e.